The van der Waals surface area contributed by atoms with Crippen LogP contribution in [0.5, 0.6) is 0 Å². The monoisotopic (exact) mass is 342 g/mol. The van der Waals surface area contributed by atoms with E-state index in [-0.39, 0.29) is 36.4 Å². The summed E-state index contributed by atoms with van der Waals surface area (Å²) in [5.74, 6) is -0.439. The Hall–Kier alpha value is -1.14. The quantitative estimate of drug-likeness (QED) is 0.291. The molecule has 2 rings (SSSR count). The zero-order chi connectivity index (χ0) is 17.4. The van der Waals surface area contributed by atoms with Crippen molar-refractivity contribution in [2.75, 3.05) is 13.2 Å². The van der Waals surface area contributed by atoms with Crippen LogP contribution in [0.1, 0.15) is 65.2 Å². The van der Waals surface area contributed by atoms with Gasteiger partial charge in [0.25, 0.3) is 0 Å². The van der Waals surface area contributed by atoms with Gasteiger partial charge in [-0.3, -0.25) is 9.59 Å². The highest BCUT2D eigenvalue weighted by Crippen LogP contribution is 2.27. The third kappa shape index (κ3) is 7.18. The van der Waals surface area contributed by atoms with Crippen LogP contribution in [0.2, 0.25) is 0 Å². The Morgan fingerprint density at radius 1 is 0.750 bits per heavy atom. The number of hydrogen-bond donors (Lipinski definition) is 0. The predicted octanol–water partition coefficient (Wildman–Crippen LogP) is 2.77. The smallest absolute Gasteiger partial charge is 0.305 e. The first-order valence-electron chi connectivity index (χ1n) is 9.26. The lowest BCUT2D eigenvalue weighted by molar-refractivity contribution is -0.146. The summed E-state index contributed by atoms with van der Waals surface area (Å²) in [5.41, 5.74) is 0. The molecule has 0 radical (unpaired) electrons. The van der Waals surface area contributed by atoms with Gasteiger partial charge in [-0.25, -0.2) is 0 Å². The second kappa shape index (κ2) is 9.99. The van der Waals surface area contributed by atoms with E-state index in [1.54, 1.807) is 0 Å². The van der Waals surface area contributed by atoms with Crippen molar-refractivity contribution in [1.29, 1.82) is 0 Å². The van der Waals surface area contributed by atoms with Crippen molar-refractivity contribution >= 4 is 11.9 Å². The summed E-state index contributed by atoms with van der Waals surface area (Å²) in [7, 11) is 0. The van der Waals surface area contributed by atoms with Gasteiger partial charge in [-0.15, -0.1) is 0 Å². The Balaban J connectivity index is 1.39. The van der Waals surface area contributed by atoms with E-state index in [0.717, 1.165) is 25.7 Å². The fourth-order valence-corrected chi connectivity index (χ4v) is 2.76. The van der Waals surface area contributed by atoms with Crippen LogP contribution >= 0.6 is 0 Å². The molecule has 0 bridgehead atoms. The SMILES string of the molecule is CCCC1OC1COC(=O)CCCCC(=O)OCC1OC1CCC. The summed E-state index contributed by atoms with van der Waals surface area (Å²) < 4.78 is 21.1. The van der Waals surface area contributed by atoms with E-state index in [9.17, 15) is 9.59 Å². The summed E-state index contributed by atoms with van der Waals surface area (Å²) in [5, 5.41) is 0. The normalized spacial score (nSPS) is 27.6. The van der Waals surface area contributed by atoms with E-state index in [1.807, 2.05) is 0 Å². The van der Waals surface area contributed by atoms with Gasteiger partial charge < -0.3 is 18.9 Å². The Labute approximate surface area is 144 Å². The molecule has 0 aliphatic carbocycles. The number of carbonyl (C=O) groups is 2. The molecule has 6 heteroatoms. The van der Waals surface area contributed by atoms with Gasteiger partial charge >= 0.3 is 11.9 Å². The maximum Gasteiger partial charge on any atom is 0.305 e. The Bertz CT molecular complexity index is 372. The van der Waals surface area contributed by atoms with E-state index < -0.39 is 0 Å². The molecule has 0 aromatic rings. The van der Waals surface area contributed by atoms with Crippen molar-refractivity contribution in [3.63, 3.8) is 0 Å². The number of ether oxygens (including phenoxy) is 4. The fourth-order valence-electron chi connectivity index (χ4n) is 2.76. The maximum absolute atomic E-state index is 11.6. The Kier molecular flexibility index (Phi) is 7.99. The van der Waals surface area contributed by atoms with Crippen LogP contribution in [0.4, 0.5) is 0 Å². The van der Waals surface area contributed by atoms with Crippen LogP contribution in [0.15, 0.2) is 0 Å². The minimum Gasteiger partial charge on any atom is -0.463 e. The number of hydrogen-bond acceptors (Lipinski definition) is 6. The molecule has 2 aliphatic heterocycles. The average Bonchev–Trinajstić information content (AvgIpc) is 3.46. The van der Waals surface area contributed by atoms with Crippen molar-refractivity contribution in [3.8, 4) is 0 Å². The third-order valence-electron chi connectivity index (χ3n) is 4.35. The molecule has 24 heavy (non-hydrogen) atoms. The molecule has 0 saturated carbocycles. The third-order valence-corrected chi connectivity index (χ3v) is 4.35. The van der Waals surface area contributed by atoms with Crippen LogP contribution in [0.3, 0.4) is 0 Å². The molecule has 0 amide bonds. The lowest BCUT2D eigenvalue weighted by Gasteiger charge is -2.04. The number of rotatable bonds is 13. The molecule has 0 spiro atoms. The van der Waals surface area contributed by atoms with Crippen molar-refractivity contribution < 1.29 is 28.5 Å². The summed E-state index contributed by atoms with van der Waals surface area (Å²) >= 11 is 0. The molecule has 4 unspecified atom stereocenters. The highest BCUT2D eigenvalue weighted by atomic mass is 16.6. The first kappa shape index (κ1) is 19.2. The first-order valence-corrected chi connectivity index (χ1v) is 9.26. The van der Waals surface area contributed by atoms with Gasteiger partial charge in [0.05, 0.1) is 12.2 Å². The number of epoxide rings is 2. The minimum absolute atomic E-state index is 0.0880. The van der Waals surface area contributed by atoms with Crippen molar-refractivity contribution in [1.82, 2.24) is 0 Å². The van der Waals surface area contributed by atoms with Gasteiger partial charge in [-0.1, -0.05) is 26.7 Å². The van der Waals surface area contributed by atoms with Gasteiger partial charge in [-0.05, 0) is 25.7 Å². The van der Waals surface area contributed by atoms with Gasteiger partial charge in [0.2, 0.25) is 0 Å². The molecule has 4 atom stereocenters. The molecule has 0 aromatic carbocycles. The van der Waals surface area contributed by atoms with Gasteiger partial charge in [0, 0.05) is 12.8 Å². The van der Waals surface area contributed by atoms with Gasteiger partial charge in [-0.2, -0.15) is 0 Å². The Morgan fingerprint density at radius 2 is 1.17 bits per heavy atom. The summed E-state index contributed by atoms with van der Waals surface area (Å²) in [6.45, 7) is 4.92. The molecule has 0 aromatic heterocycles. The lowest BCUT2D eigenvalue weighted by atomic mass is 10.2. The van der Waals surface area contributed by atoms with Gasteiger partial charge in [0.15, 0.2) is 0 Å². The highest BCUT2D eigenvalue weighted by molar-refractivity contribution is 5.70. The van der Waals surface area contributed by atoms with Crippen LogP contribution in [-0.2, 0) is 28.5 Å². The van der Waals surface area contributed by atoms with Crippen molar-refractivity contribution in [2.45, 2.75) is 89.6 Å². The fraction of sp³-hybridized carbons (Fsp3) is 0.889. The molecule has 138 valence electrons. The van der Waals surface area contributed by atoms with Crippen LogP contribution in [0, 0.1) is 0 Å². The number of esters is 2. The summed E-state index contributed by atoms with van der Waals surface area (Å²) in [6.07, 6.45) is 6.86. The zero-order valence-electron chi connectivity index (χ0n) is 14.8. The minimum atomic E-state index is -0.220. The van der Waals surface area contributed by atoms with Crippen LogP contribution in [0.25, 0.3) is 0 Å². The van der Waals surface area contributed by atoms with Crippen LogP contribution < -0.4 is 0 Å². The second-order valence-electron chi connectivity index (χ2n) is 6.58. The molecular formula is C18H30O6. The van der Waals surface area contributed by atoms with Gasteiger partial charge in [0.1, 0.15) is 25.4 Å². The second-order valence-corrected chi connectivity index (χ2v) is 6.58. The molecule has 0 N–H and O–H groups in total. The molecule has 2 aliphatic rings. The van der Waals surface area contributed by atoms with Crippen molar-refractivity contribution in [2.24, 2.45) is 0 Å². The molecular weight excluding hydrogens is 312 g/mol. The van der Waals surface area contributed by atoms with E-state index in [0.29, 0.717) is 38.9 Å². The molecule has 6 nitrogen and oxygen atoms in total. The maximum atomic E-state index is 11.6. The van der Waals surface area contributed by atoms with Crippen molar-refractivity contribution in [3.05, 3.63) is 0 Å². The van der Waals surface area contributed by atoms with E-state index in [4.69, 9.17) is 18.9 Å². The predicted molar refractivity (Wildman–Crippen MR) is 87.5 cm³/mol. The zero-order valence-corrected chi connectivity index (χ0v) is 14.8. The standard InChI is InChI=1S/C18H30O6/c1-3-7-13-15(23-13)11-21-17(19)9-5-6-10-18(20)22-12-16-14(24-16)8-4-2/h13-16H,3-12H2,1-2H3. The Morgan fingerprint density at radius 3 is 1.54 bits per heavy atom. The topological polar surface area (TPSA) is 77.7 Å². The summed E-state index contributed by atoms with van der Waals surface area (Å²) in [6, 6.07) is 0. The summed E-state index contributed by atoms with van der Waals surface area (Å²) in [4.78, 5) is 23.2. The molecule has 2 saturated heterocycles. The largest absolute Gasteiger partial charge is 0.463 e. The molecule has 2 fully saturated rings. The van der Waals surface area contributed by atoms with E-state index in [2.05, 4.69) is 13.8 Å². The van der Waals surface area contributed by atoms with E-state index >= 15 is 0 Å². The number of unbranched alkanes of at least 4 members (excludes halogenated alkanes) is 1. The molecule has 2 heterocycles. The van der Waals surface area contributed by atoms with Crippen LogP contribution in [-0.4, -0.2) is 49.6 Å². The number of carbonyl (C=O) groups excluding carboxylic acids is 2. The average molecular weight is 342 g/mol. The van der Waals surface area contributed by atoms with E-state index in [1.165, 1.54) is 0 Å². The highest BCUT2D eigenvalue weighted by Gasteiger charge is 2.39. The lowest BCUT2D eigenvalue weighted by Crippen LogP contribution is -2.12. The first-order chi connectivity index (χ1) is 11.6.